The average molecular weight is 542 g/mol. The van der Waals surface area contributed by atoms with Crippen LogP contribution in [0, 0.1) is 5.92 Å². The summed E-state index contributed by atoms with van der Waals surface area (Å²) in [5.74, 6) is -0.496. The van der Waals surface area contributed by atoms with Crippen molar-refractivity contribution in [2.45, 2.75) is 81.6 Å². The number of benzene rings is 1. The number of ether oxygens (including phenoxy) is 2. The first-order chi connectivity index (χ1) is 18.5. The minimum atomic E-state index is -1.06. The largest absolute Gasteiger partial charge is 0.493 e. The Kier molecular flexibility index (Phi) is 7.13. The van der Waals surface area contributed by atoms with Crippen LogP contribution in [0.4, 0.5) is 0 Å². The second-order valence-electron chi connectivity index (χ2n) is 11.7. The Morgan fingerprint density at radius 3 is 2.72 bits per heavy atom. The lowest BCUT2D eigenvalue weighted by molar-refractivity contribution is -0.158. The van der Waals surface area contributed by atoms with Gasteiger partial charge in [0.15, 0.2) is 11.5 Å². The standard InChI is InChI=1S/C29H39N3O7/c1-16(2)24(27(35)36)31-21(33)6-5-12-30-22(34)15-18-9-10-29(37)20-14-17-7-8-19(38-4)25-23(17)28(29,26(18)39-25)11-13-32(20)3/h7-9,16,20,24,26,37H,5-6,10-15H2,1-4H3,(H,30,34)(H,31,33)(H,35,36)/t20-,24?,26?,28+,29-/m1/s1. The van der Waals surface area contributed by atoms with Gasteiger partial charge in [0, 0.05) is 24.6 Å². The zero-order valence-corrected chi connectivity index (χ0v) is 23.1. The Hall–Kier alpha value is -3.11. The fraction of sp³-hybridized carbons (Fsp3) is 0.621. The van der Waals surface area contributed by atoms with Crippen molar-refractivity contribution in [2.75, 3.05) is 27.2 Å². The molecule has 0 saturated carbocycles. The van der Waals surface area contributed by atoms with E-state index in [-0.39, 0.29) is 36.6 Å². The highest BCUT2D eigenvalue weighted by molar-refractivity contribution is 5.84. The summed E-state index contributed by atoms with van der Waals surface area (Å²) in [7, 11) is 3.68. The van der Waals surface area contributed by atoms with Crippen LogP contribution in [0.1, 0.15) is 57.1 Å². The minimum absolute atomic E-state index is 0.0432. The van der Waals surface area contributed by atoms with E-state index < -0.39 is 29.1 Å². The number of carboxylic acids is 1. The van der Waals surface area contributed by atoms with Gasteiger partial charge in [-0.2, -0.15) is 0 Å². The molecule has 1 fully saturated rings. The van der Waals surface area contributed by atoms with E-state index in [0.717, 1.165) is 30.5 Å². The zero-order valence-electron chi connectivity index (χ0n) is 23.1. The number of likely N-dealkylation sites (N-methyl/N-ethyl adjacent to an activating group) is 1. The van der Waals surface area contributed by atoms with Gasteiger partial charge in [0.1, 0.15) is 12.1 Å². The molecule has 0 aromatic heterocycles. The van der Waals surface area contributed by atoms with E-state index in [1.165, 1.54) is 5.56 Å². The number of amides is 2. The van der Waals surface area contributed by atoms with Crippen LogP contribution in [0.25, 0.3) is 0 Å². The molecule has 0 radical (unpaired) electrons. The van der Waals surface area contributed by atoms with Gasteiger partial charge in [-0.1, -0.05) is 26.0 Å². The number of likely N-dealkylation sites (tertiary alicyclic amines) is 1. The zero-order chi connectivity index (χ0) is 28.1. The second-order valence-corrected chi connectivity index (χ2v) is 11.7. The average Bonchev–Trinajstić information content (AvgIpc) is 3.24. The monoisotopic (exact) mass is 541 g/mol. The van der Waals surface area contributed by atoms with Crippen LogP contribution in [0.15, 0.2) is 23.8 Å². The first-order valence-corrected chi connectivity index (χ1v) is 13.8. The Balaban J connectivity index is 1.27. The third-order valence-electron chi connectivity index (χ3n) is 9.21. The smallest absolute Gasteiger partial charge is 0.326 e. The molecule has 4 aliphatic rings. The summed E-state index contributed by atoms with van der Waals surface area (Å²) in [5, 5.41) is 26.9. The summed E-state index contributed by atoms with van der Waals surface area (Å²) in [6, 6.07) is 3.03. The first-order valence-electron chi connectivity index (χ1n) is 13.8. The second kappa shape index (κ2) is 10.1. The number of methoxy groups -OCH3 is 1. The quantitative estimate of drug-likeness (QED) is 0.259. The first kappa shape index (κ1) is 27.5. The molecule has 4 N–H and O–H groups in total. The fourth-order valence-corrected chi connectivity index (χ4v) is 7.26. The van der Waals surface area contributed by atoms with E-state index in [0.29, 0.717) is 30.9 Å². The van der Waals surface area contributed by atoms with E-state index in [4.69, 9.17) is 9.47 Å². The molecule has 2 bridgehead atoms. The van der Waals surface area contributed by atoms with Gasteiger partial charge in [-0.15, -0.1) is 0 Å². The SMILES string of the molecule is COc1ccc2c3c1OC1C(CC(=O)NCCCC(=O)NC(C(=O)O)C(C)C)=CC[C@@]4(O)[C@@H](C2)N(C)CC[C@]314. The van der Waals surface area contributed by atoms with Gasteiger partial charge in [0.25, 0.3) is 0 Å². The van der Waals surface area contributed by atoms with Crippen molar-refractivity contribution >= 4 is 17.8 Å². The van der Waals surface area contributed by atoms with Crippen LogP contribution >= 0.6 is 0 Å². The molecular weight excluding hydrogens is 502 g/mol. The number of carboxylic acid groups (broad SMARTS) is 1. The van der Waals surface area contributed by atoms with Crippen molar-refractivity contribution < 1.29 is 34.1 Å². The van der Waals surface area contributed by atoms with Gasteiger partial charge in [-0.25, -0.2) is 4.79 Å². The molecule has 2 amide bonds. The van der Waals surface area contributed by atoms with Crippen molar-refractivity contribution in [3.8, 4) is 11.5 Å². The van der Waals surface area contributed by atoms with Gasteiger partial charge < -0.3 is 35.2 Å². The summed E-state index contributed by atoms with van der Waals surface area (Å²) >= 11 is 0. The third kappa shape index (κ3) is 4.28. The molecule has 5 atom stereocenters. The number of nitrogens with zero attached hydrogens (tertiary/aromatic N) is 1. The van der Waals surface area contributed by atoms with Crippen molar-refractivity contribution in [1.82, 2.24) is 15.5 Å². The van der Waals surface area contributed by atoms with Crippen LogP contribution in [0.2, 0.25) is 0 Å². The Morgan fingerprint density at radius 2 is 2.03 bits per heavy atom. The van der Waals surface area contributed by atoms with E-state index in [1.54, 1.807) is 21.0 Å². The van der Waals surface area contributed by atoms with E-state index in [1.807, 2.05) is 12.1 Å². The number of nitrogens with one attached hydrogen (secondary N) is 2. The molecule has 1 saturated heterocycles. The molecule has 212 valence electrons. The Labute approximate surface area is 228 Å². The highest BCUT2D eigenvalue weighted by Crippen LogP contribution is 2.65. The maximum absolute atomic E-state index is 13.0. The number of piperidine rings is 1. The molecular formula is C29H39N3O7. The van der Waals surface area contributed by atoms with Crippen LogP contribution in [0.3, 0.4) is 0 Å². The number of aliphatic carboxylic acids is 1. The van der Waals surface area contributed by atoms with Gasteiger partial charge in [-0.3, -0.25) is 9.59 Å². The number of carbonyl (C=O) groups is 3. The maximum Gasteiger partial charge on any atom is 0.326 e. The fourth-order valence-electron chi connectivity index (χ4n) is 7.26. The number of hydrogen-bond donors (Lipinski definition) is 4. The lowest BCUT2D eigenvalue weighted by Crippen LogP contribution is -2.74. The predicted molar refractivity (Wildman–Crippen MR) is 143 cm³/mol. The van der Waals surface area contributed by atoms with E-state index in [9.17, 15) is 24.6 Å². The van der Waals surface area contributed by atoms with Gasteiger partial charge in [-0.05, 0) is 62.4 Å². The normalized spacial score (nSPS) is 29.1. The molecule has 2 aliphatic carbocycles. The number of hydrogen-bond acceptors (Lipinski definition) is 7. The van der Waals surface area contributed by atoms with E-state index >= 15 is 0 Å². The molecule has 1 aromatic rings. The molecule has 1 spiro atoms. The molecule has 2 aliphatic heterocycles. The van der Waals surface area contributed by atoms with Gasteiger partial charge >= 0.3 is 5.97 Å². The number of aliphatic hydroxyl groups is 1. The third-order valence-corrected chi connectivity index (χ3v) is 9.21. The molecule has 2 heterocycles. The van der Waals surface area contributed by atoms with Crippen molar-refractivity contribution in [1.29, 1.82) is 0 Å². The van der Waals surface area contributed by atoms with Crippen molar-refractivity contribution in [3.05, 3.63) is 34.9 Å². The van der Waals surface area contributed by atoms with Crippen LogP contribution in [0.5, 0.6) is 11.5 Å². The highest BCUT2D eigenvalue weighted by atomic mass is 16.5. The summed E-state index contributed by atoms with van der Waals surface area (Å²) in [6.45, 7) is 4.60. The van der Waals surface area contributed by atoms with Crippen molar-refractivity contribution in [2.24, 2.45) is 5.92 Å². The molecule has 1 aromatic carbocycles. The number of carbonyl (C=O) groups excluding carboxylic acids is 2. The highest BCUT2D eigenvalue weighted by Gasteiger charge is 2.71. The molecule has 2 unspecified atom stereocenters. The molecule has 10 nitrogen and oxygen atoms in total. The summed E-state index contributed by atoms with van der Waals surface area (Å²) in [6.07, 6.45) is 4.06. The Bertz CT molecular complexity index is 1210. The van der Waals surface area contributed by atoms with Crippen LogP contribution in [-0.2, 0) is 26.2 Å². The number of rotatable bonds is 10. The molecule has 10 heteroatoms. The summed E-state index contributed by atoms with van der Waals surface area (Å²) < 4.78 is 12.2. The summed E-state index contributed by atoms with van der Waals surface area (Å²) in [4.78, 5) is 38.7. The minimum Gasteiger partial charge on any atom is -0.493 e. The maximum atomic E-state index is 13.0. The predicted octanol–water partition coefficient (Wildman–Crippen LogP) is 1.53. The molecule has 5 rings (SSSR count). The Morgan fingerprint density at radius 1 is 1.26 bits per heavy atom. The van der Waals surface area contributed by atoms with Crippen LogP contribution < -0.4 is 20.1 Å². The van der Waals surface area contributed by atoms with Gasteiger partial charge in [0.05, 0.1) is 24.5 Å². The van der Waals surface area contributed by atoms with E-state index in [2.05, 4.69) is 28.6 Å². The topological polar surface area (TPSA) is 137 Å². The lowest BCUT2D eigenvalue weighted by Gasteiger charge is -2.62. The summed E-state index contributed by atoms with van der Waals surface area (Å²) in [5.41, 5.74) is 1.41. The van der Waals surface area contributed by atoms with Crippen molar-refractivity contribution in [3.63, 3.8) is 0 Å². The van der Waals surface area contributed by atoms with Crippen LogP contribution in [-0.4, -0.2) is 83.9 Å². The molecule has 39 heavy (non-hydrogen) atoms. The van der Waals surface area contributed by atoms with Gasteiger partial charge in [0.2, 0.25) is 11.8 Å². The lowest BCUT2D eigenvalue weighted by atomic mass is 9.49.